The van der Waals surface area contributed by atoms with Crippen molar-refractivity contribution in [3.05, 3.63) is 65.2 Å². The Morgan fingerprint density at radius 1 is 1.04 bits per heavy atom. The third-order valence-electron chi connectivity index (χ3n) is 4.16. The summed E-state index contributed by atoms with van der Waals surface area (Å²) < 4.78 is 32.4. The van der Waals surface area contributed by atoms with E-state index < -0.39 is 26.8 Å². The van der Waals surface area contributed by atoms with Crippen LogP contribution in [0, 0.1) is 20.8 Å². The molecule has 3 aromatic rings. The van der Waals surface area contributed by atoms with E-state index in [1.54, 1.807) is 24.5 Å². The molecule has 2 heterocycles. The molecule has 0 atom stereocenters. The van der Waals surface area contributed by atoms with Crippen molar-refractivity contribution in [2.75, 3.05) is 4.72 Å². The fourth-order valence-corrected chi connectivity index (χ4v) is 3.84. The van der Waals surface area contributed by atoms with Crippen LogP contribution < -0.4 is 4.72 Å². The molecule has 140 valence electrons. The fourth-order valence-electron chi connectivity index (χ4n) is 2.78. The van der Waals surface area contributed by atoms with Crippen molar-refractivity contribution in [2.24, 2.45) is 0 Å². The van der Waals surface area contributed by atoms with Gasteiger partial charge in [-0.2, -0.15) is 8.42 Å². The predicted molar refractivity (Wildman–Crippen MR) is 100 cm³/mol. The van der Waals surface area contributed by atoms with Crippen molar-refractivity contribution in [3.63, 3.8) is 0 Å². The van der Waals surface area contributed by atoms with Gasteiger partial charge in [-0.1, -0.05) is 6.07 Å². The van der Waals surface area contributed by atoms with Gasteiger partial charge < -0.3 is 9.52 Å². The Hall–Kier alpha value is -3.13. The lowest BCUT2D eigenvalue weighted by atomic mass is 9.98. The van der Waals surface area contributed by atoms with Crippen molar-refractivity contribution >= 4 is 21.7 Å². The number of aromatic carboxylic acids is 1. The van der Waals surface area contributed by atoms with Crippen LogP contribution in [0.2, 0.25) is 0 Å². The average molecular weight is 386 g/mol. The second-order valence-corrected chi connectivity index (χ2v) is 7.82. The number of rotatable bonds is 5. The van der Waals surface area contributed by atoms with Gasteiger partial charge in [-0.05, 0) is 55.7 Å². The van der Waals surface area contributed by atoms with E-state index in [0.29, 0.717) is 5.69 Å². The zero-order valence-electron chi connectivity index (χ0n) is 15.0. The highest BCUT2D eigenvalue weighted by Gasteiger charge is 2.24. The lowest BCUT2D eigenvalue weighted by molar-refractivity contribution is 0.0655. The summed E-state index contributed by atoms with van der Waals surface area (Å²) in [6.07, 6.45) is 3.48. The normalized spacial score (nSPS) is 11.4. The molecular weight excluding hydrogens is 368 g/mol. The molecule has 0 unspecified atom stereocenters. The molecule has 0 aliphatic rings. The maximum atomic E-state index is 12.5. The number of hydrogen-bond donors (Lipinski definition) is 2. The first-order valence-corrected chi connectivity index (χ1v) is 9.55. The topological polar surface area (TPSA) is 110 Å². The van der Waals surface area contributed by atoms with E-state index in [4.69, 9.17) is 9.52 Å². The Morgan fingerprint density at radius 3 is 2.37 bits per heavy atom. The van der Waals surface area contributed by atoms with Gasteiger partial charge >= 0.3 is 5.97 Å². The quantitative estimate of drug-likeness (QED) is 0.691. The van der Waals surface area contributed by atoms with Crippen LogP contribution in [0.15, 0.2) is 52.2 Å². The number of carboxylic acid groups (broad SMARTS) is 1. The zero-order chi connectivity index (χ0) is 19.8. The highest BCUT2D eigenvalue weighted by atomic mass is 32.2. The number of benzene rings is 1. The van der Waals surface area contributed by atoms with Crippen LogP contribution >= 0.6 is 0 Å². The summed E-state index contributed by atoms with van der Waals surface area (Å²) in [6.45, 7) is 5.33. The largest absolute Gasteiger partial charge is 0.475 e. The van der Waals surface area contributed by atoms with Gasteiger partial charge in [-0.15, -0.1) is 0 Å². The maximum Gasteiger partial charge on any atom is 0.372 e. The summed E-state index contributed by atoms with van der Waals surface area (Å²) in [5, 5.41) is 8.58. The standard InChI is InChI=1S/C19H18N2O5S/c1-11-6-7-20-10-16(11)15-5-4-14(8-12(15)2)21-27(24,25)17-9-13(3)18(26-17)19(22)23/h4-10,21H,1-3H3,(H,22,23). The van der Waals surface area contributed by atoms with Gasteiger partial charge in [0.25, 0.3) is 10.0 Å². The van der Waals surface area contributed by atoms with Crippen molar-refractivity contribution in [3.8, 4) is 11.1 Å². The Bertz CT molecular complexity index is 1130. The van der Waals surface area contributed by atoms with Crippen LogP contribution in [0.4, 0.5) is 5.69 Å². The molecule has 7 nitrogen and oxygen atoms in total. The van der Waals surface area contributed by atoms with E-state index in [1.807, 2.05) is 26.0 Å². The number of sulfonamides is 1. The average Bonchev–Trinajstić information content (AvgIpc) is 2.99. The van der Waals surface area contributed by atoms with Crippen LogP contribution in [0.25, 0.3) is 11.1 Å². The van der Waals surface area contributed by atoms with Gasteiger partial charge in [0.15, 0.2) is 0 Å². The first-order valence-electron chi connectivity index (χ1n) is 8.07. The minimum atomic E-state index is -4.04. The van der Waals surface area contributed by atoms with Crippen LogP contribution in [0.1, 0.15) is 27.2 Å². The minimum Gasteiger partial charge on any atom is -0.475 e. The molecule has 1 aromatic carbocycles. The molecule has 0 radical (unpaired) electrons. The number of carbonyl (C=O) groups is 1. The molecule has 0 saturated carbocycles. The number of anilines is 1. The maximum absolute atomic E-state index is 12.5. The molecule has 27 heavy (non-hydrogen) atoms. The van der Waals surface area contributed by atoms with E-state index >= 15 is 0 Å². The number of nitrogens with one attached hydrogen (secondary N) is 1. The number of furan rings is 1. The van der Waals surface area contributed by atoms with Crippen LogP contribution in [0.3, 0.4) is 0 Å². The molecule has 3 rings (SSSR count). The highest BCUT2D eigenvalue weighted by Crippen LogP contribution is 2.29. The number of carboxylic acids is 1. The van der Waals surface area contributed by atoms with Crippen molar-refractivity contribution in [1.82, 2.24) is 4.98 Å². The monoisotopic (exact) mass is 386 g/mol. The number of nitrogens with zero attached hydrogens (tertiary/aromatic N) is 1. The van der Waals surface area contributed by atoms with E-state index in [9.17, 15) is 13.2 Å². The first-order chi connectivity index (χ1) is 12.7. The molecular formula is C19H18N2O5S. The molecule has 2 aromatic heterocycles. The van der Waals surface area contributed by atoms with Gasteiger partial charge in [0.1, 0.15) is 0 Å². The predicted octanol–water partition coefficient (Wildman–Crippen LogP) is 3.77. The summed E-state index contributed by atoms with van der Waals surface area (Å²) >= 11 is 0. The molecule has 0 bridgehead atoms. The highest BCUT2D eigenvalue weighted by molar-refractivity contribution is 7.92. The SMILES string of the molecule is Cc1cc(NS(=O)(=O)c2cc(C)c(C(=O)O)o2)ccc1-c1cnccc1C. The van der Waals surface area contributed by atoms with Gasteiger partial charge in [0.2, 0.25) is 10.9 Å². The second kappa shape index (κ2) is 6.88. The minimum absolute atomic E-state index is 0.237. The molecule has 8 heteroatoms. The summed E-state index contributed by atoms with van der Waals surface area (Å²) in [6, 6.07) is 8.25. The molecule has 0 saturated heterocycles. The van der Waals surface area contributed by atoms with Gasteiger partial charge in [0.05, 0.1) is 0 Å². The Kier molecular flexibility index (Phi) is 4.75. The van der Waals surface area contributed by atoms with Gasteiger partial charge in [0, 0.05) is 35.3 Å². The van der Waals surface area contributed by atoms with E-state index in [-0.39, 0.29) is 5.56 Å². The smallest absolute Gasteiger partial charge is 0.372 e. The number of pyridine rings is 1. The summed E-state index contributed by atoms with van der Waals surface area (Å²) in [4.78, 5) is 15.2. The first kappa shape index (κ1) is 18.7. The summed E-state index contributed by atoms with van der Waals surface area (Å²) in [5.74, 6) is -1.71. The second-order valence-electron chi connectivity index (χ2n) is 6.21. The Morgan fingerprint density at radius 2 is 1.78 bits per heavy atom. The van der Waals surface area contributed by atoms with Gasteiger partial charge in [-0.3, -0.25) is 9.71 Å². The van der Waals surface area contributed by atoms with E-state index in [1.165, 1.54) is 13.0 Å². The van der Waals surface area contributed by atoms with Crippen molar-refractivity contribution in [2.45, 2.75) is 25.9 Å². The van der Waals surface area contributed by atoms with Crippen LogP contribution in [-0.4, -0.2) is 24.5 Å². The Labute approximate surface area is 156 Å². The third-order valence-corrected chi connectivity index (χ3v) is 5.40. The number of hydrogen-bond acceptors (Lipinski definition) is 5. The van der Waals surface area contributed by atoms with Crippen molar-refractivity contribution in [1.29, 1.82) is 0 Å². The molecule has 0 aliphatic heterocycles. The fraction of sp³-hybridized carbons (Fsp3) is 0.158. The number of aryl methyl sites for hydroxylation is 3. The third kappa shape index (κ3) is 3.70. The number of aromatic nitrogens is 1. The lowest BCUT2D eigenvalue weighted by Gasteiger charge is -2.12. The molecule has 0 spiro atoms. The summed E-state index contributed by atoms with van der Waals surface area (Å²) in [5.41, 5.74) is 4.44. The van der Waals surface area contributed by atoms with Crippen molar-refractivity contribution < 1.29 is 22.7 Å². The molecule has 2 N–H and O–H groups in total. The van der Waals surface area contributed by atoms with Crippen LogP contribution in [-0.2, 0) is 10.0 Å². The van der Waals surface area contributed by atoms with Crippen LogP contribution in [0.5, 0.6) is 0 Å². The van der Waals surface area contributed by atoms with E-state index in [2.05, 4.69) is 9.71 Å². The zero-order valence-corrected chi connectivity index (χ0v) is 15.8. The van der Waals surface area contributed by atoms with Gasteiger partial charge in [-0.25, -0.2) is 4.79 Å². The van der Waals surface area contributed by atoms with E-state index in [0.717, 1.165) is 22.3 Å². The summed E-state index contributed by atoms with van der Waals surface area (Å²) in [7, 11) is -4.04. The molecule has 0 amide bonds. The molecule has 0 fully saturated rings. The molecule has 0 aliphatic carbocycles. The lowest BCUT2D eigenvalue weighted by Crippen LogP contribution is -2.12. The Balaban J connectivity index is 1.92.